The van der Waals surface area contributed by atoms with E-state index in [4.69, 9.17) is 9.47 Å². The number of aryl methyl sites for hydroxylation is 1. The molecule has 0 fully saturated rings. The number of rotatable bonds is 15. The highest BCUT2D eigenvalue weighted by Crippen LogP contribution is 2.27. The van der Waals surface area contributed by atoms with Crippen LogP contribution in [0.5, 0.6) is 11.5 Å². The molecular weight excluding hydrogens is 372 g/mol. The van der Waals surface area contributed by atoms with Gasteiger partial charge in [-0.1, -0.05) is 50.1 Å². The Balaban J connectivity index is 1.45. The SMILES string of the molecule is COc1ccc(CCNCCCCCCNCC(C)c2ccccc2C)cc1OC. The molecule has 0 saturated heterocycles. The van der Waals surface area contributed by atoms with E-state index in [2.05, 4.69) is 60.9 Å². The molecule has 1 unspecified atom stereocenters. The Kier molecular flexibility index (Phi) is 11.3. The Morgan fingerprint density at radius 2 is 1.50 bits per heavy atom. The standard InChI is InChI=1S/C26H40N2O2/c1-21-11-7-8-12-24(21)22(2)20-28-17-10-6-5-9-16-27-18-15-23-13-14-25(29-3)26(19-23)30-4/h7-8,11-14,19,22,27-28H,5-6,9-10,15-18,20H2,1-4H3. The number of benzene rings is 2. The first-order chi connectivity index (χ1) is 14.7. The van der Waals surface area contributed by atoms with Gasteiger partial charge in [0, 0.05) is 6.54 Å². The third kappa shape index (κ3) is 8.37. The molecule has 0 amide bonds. The molecule has 2 aromatic rings. The van der Waals surface area contributed by atoms with Crippen molar-refractivity contribution < 1.29 is 9.47 Å². The molecule has 4 nitrogen and oxygen atoms in total. The topological polar surface area (TPSA) is 42.5 Å². The number of unbranched alkanes of at least 4 members (excludes halogenated alkanes) is 3. The van der Waals surface area contributed by atoms with Crippen molar-refractivity contribution in [3.05, 3.63) is 59.2 Å². The van der Waals surface area contributed by atoms with Crippen molar-refractivity contribution in [3.8, 4) is 11.5 Å². The normalized spacial score (nSPS) is 12.0. The van der Waals surface area contributed by atoms with Gasteiger partial charge in [0.05, 0.1) is 14.2 Å². The molecule has 0 aromatic heterocycles. The summed E-state index contributed by atoms with van der Waals surface area (Å²) in [4.78, 5) is 0. The lowest BCUT2D eigenvalue weighted by Gasteiger charge is -2.15. The zero-order valence-corrected chi connectivity index (χ0v) is 19.3. The van der Waals surface area contributed by atoms with E-state index in [-0.39, 0.29) is 0 Å². The minimum absolute atomic E-state index is 0.570. The summed E-state index contributed by atoms with van der Waals surface area (Å²) < 4.78 is 10.7. The molecule has 0 bridgehead atoms. The zero-order valence-electron chi connectivity index (χ0n) is 19.3. The molecule has 0 saturated carbocycles. The van der Waals surface area contributed by atoms with Gasteiger partial charge < -0.3 is 20.1 Å². The molecule has 0 spiro atoms. The Labute approximate surface area is 183 Å². The van der Waals surface area contributed by atoms with Gasteiger partial charge in [0.2, 0.25) is 0 Å². The summed E-state index contributed by atoms with van der Waals surface area (Å²) in [5.74, 6) is 2.16. The Morgan fingerprint density at radius 3 is 2.20 bits per heavy atom. The summed E-state index contributed by atoms with van der Waals surface area (Å²) in [5.41, 5.74) is 4.13. The van der Waals surface area contributed by atoms with Crippen LogP contribution in [0.4, 0.5) is 0 Å². The fraction of sp³-hybridized carbons (Fsp3) is 0.538. The second-order valence-corrected chi connectivity index (χ2v) is 8.07. The van der Waals surface area contributed by atoms with Crippen LogP contribution in [0.25, 0.3) is 0 Å². The molecule has 2 aromatic carbocycles. The van der Waals surface area contributed by atoms with Crippen molar-refractivity contribution in [1.82, 2.24) is 10.6 Å². The van der Waals surface area contributed by atoms with Crippen molar-refractivity contribution in [3.63, 3.8) is 0 Å². The molecule has 30 heavy (non-hydrogen) atoms. The second-order valence-electron chi connectivity index (χ2n) is 8.07. The second kappa shape index (κ2) is 14.1. The number of hydrogen-bond donors (Lipinski definition) is 2. The van der Waals surface area contributed by atoms with E-state index in [1.807, 2.05) is 6.07 Å². The molecule has 166 valence electrons. The van der Waals surface area contributed by atoms with Crippen LogP contribution in [-0.4, -0.2) is 40.4 Å². The first kappa shape index (κ1) is 24.2. The van der Waals surface area contributed by atoms with Crippen LogP contribution in [0.15, 0.2) is 42.5 Å². The third-order valence-electron chi connectivity index (χ3n) is 5.67. The Bertz CT molecular complexity index is 733. The Hall–Kier alpha value is -2.04. The van der Waals surface area contributed by atoms with E-state index in [0.717, 1.165) is 44.1 Å². The van der Waals surface area contributed by atoms with E-state index in [1.165, 1.54) is 42.4 Å². The molecule has 1 atom stereocenters. The van der Waals surface area contributed by atoms with Crippen LogP contribution in [-0.2, 0) is 6.42 Å². The molecule has 2 N–H and O–H groups in total. The highest BCUT2D eigenvalue weighted by atomic mass is 16.5. The van der Waals surface area contributed by atoms with Crippen LogP contribution >= 0.6 is 0 Å². The third-order valence-corrected chi connectivity index (χ3v) is 5.67. The smallest absolute Gasteiger partial charge is 0.160 e. The van der Waals surface area contributed by atoms with Gasteiger partial charge >= 0.3 is 0 Å². The molecule has 0 aliphatic rings. The van der Waals surface area contributed by atoms with Gasteiger partial charge in [-0.2, -0.15) is 0 Å². The summed E-state index contributed by atoms with van der Waals surface area (Å²) in [6.45, 7) is 8.76. The molecule has 0 radical (unpaired) electrons. The summed E-state index contributed by atoms with van der Waals surface area (Å²) >= 11 is 0. The average molecular weight is 413 g/mol. The minimum atomic E-state index is 0.570. The molecule has 0 heterocycles. The number of ether oxygens (including phenoxy) is 2. The van der Waals surface area contributed by atoms with Crippen LogP contribution < -0.4 is 20.1 Å². The van der Waals surface area contributed by atoms with Gasteiger partial charge in [-0.3, -0.25) is 0 Å². The van der Waals surface area contributed by atoms with E-state index in [0.29, 0.717) is 5.92 Å². The predicted octanol–water partition coefficient (Wildman–Crippen LogP) is 5.10. The fourth-order valence-corrected chi connectivity index (χ4v) is 3.82. The van der Waals surface area contributed by atoms with Gasteiger partial charge in [-0.05, 0) is 80.6 Å². The van der Waals surface area contributed by atoms with E-state index < -0.39 is 0 Å². The quantitative estimate of drug-likeness (QED) is 0.400. The lowest BCUT2D eigenvalue weighted by Crippen LogP contribution is -2.22. The van der Waals surface area contributed by atoms with Crippen LogP contribution in [0.2, 0.25) is 0 Å². The number of nitrogens with one attached hydrogen (secondary N) is 2. The predicted molar refractivity (Wildman–Crippen MR) is 127 cm³/mol. The maximum atomic E-state index is 5.37. The lowest BCUT2D eigenvalue weighted by atomic mass is 9.96. The van der Waals surface area contributed by atoms with Crippen LogP contribution in [0, 0.1) is 6.92 Å². The summed E-state index contributed by atoms with van der Waals surface area (Å²) in [6, 6.07) is 14.9. The first-order valence-corrected chi connectivity index (χ1v) is 11.3. The van der Waals surface area contributed by atoms with Gasteiger partial charge in [-0.15, -0.1) is 0 Å². The largest absolute Gasteiger partial charge is 0.493 e. The lowest BCUT2D eigenvalue weighted by molar-refractivity contribution is 0.354. The number of hydrogen-bond acceptors (Lipinski definition) is 4. The number of methoxy groups -OCH3 is 2. The first-order valence-electron chi connectivity index (χ1n) is 11.3. The Morgan fingerprint density at radius 1 is 0.800 bits per heavy atom. The maximum Gasteiger partial charge on any atom is 0.160 e. The van der Waals surface area contributed by atoms with Crippen molar-refractivity contribution >= 4 is 0 Å². The fourth-order valence-electron chi connectivity index (χ4n) is 3.82. The van der Waals surface area contributed by atoms with Gasteiger partial charge in [0.15, 0.2) is 11.5 Å². The van der Waals surface area contributed by atoms with Crippen molar-refractivity contribution in [2.75, 3.05) is 40.4 Å². The maximum absolute atomic E-state index is 5.37. The summed E-state index contributed by atoms with van der Waals surface area (Å²) in [7, 11) is 3.35. The summed E-state index contributed by atoms with van der Waals surface area (Å²) in [5, 5.41) is 7.18. The summed E-state index contributed by atoms with van der Waals surface area (Å²) in [6.07, 6.45) is 6.09. The van der Waals surface area contributed by atoms with Gasteiger partial charge in [-0.25, -0.2) is 0 Å². The van der Waals surface area contributed by atoms with Gasteiger partial charge in [0.25, 0.3) is 0 Å². The van der Waals surface area contributed by atoms with E-state index in [9.17, 15) is 0 Å². The van der Waals surface area contributed by atoms with E-state index in [1.54, 1.807) is 14.2 Å². The average Bonchev–Trinajstić information content (AvgIpc) is 2.77. The molecule has 0 aliphatic heterocycles. The van der Waals surface area contributed by atoms with Crippen molar-refractivity contribution in [1.29, 1.82) is 0 Å². The van der Waals surface area contributed by atoms with E-state index >= 15 is 0 Å². The molecule has 2 rings (SSSR count). The monoisotopic (exact) mass is 412 g/mol. The van der Waals surface area contributed by atoms with Crippen LogP contribution in [0.1, 0.15) is 55.2 Å². The zero-order chi connectivity index (χ0) is 21.6. The molecular formula is C26H40N2O2. The van der Waals surface area contributed by atoms with Crippen molar-refractivity contribution in [2.24, 2.45) is 0 Å². The highest BCUT2D eigenvalue weighted by molar-refractivity contribution is 5.42. The van der Waals surface area contributed by atoms with Crippen molar-refractivity contribution in [2.45, 2.75) is 51.9 Å². The van der Waals surface area contributed by atoms with Gasteiger partial charge in [0.1, 0.15) is 0 Å². The minimum Gasteiger partial charge on any atom is -0.493 e. The van der Waals surface area contributed by atoms with Crippen LogP contribution in [0.3, 0.4) is 0 Å². The molecule has 0 aliphatic carbocycles. The highest BCUT2D eigenvalue weighted by Gasteiger charge is 2.07. The molecule has 4 heteroatoms.